The zero-order valence-electron chi connectivity index (χ0n) is 14.9. The molecule has 1 aromatic heterocycles. The van der Waals surface area contributed by atoms with E-state index in [1.807, 2.05) is 53.9 Å². The fourth-order valence-corrected chi connectivity index (χ4v) is 4.05. The molecule has 2 aromatic carbocycles. The van der Waals surface area contributed by atoms with Crippen molar-refractivity contribution >= 4 is 23.2 Å². The number of nitrogens with one attached hydrogen (secondary N) is 1. The van der Waals surface area contributed by atoms with Crippen LogP contribution in [0.2, 0.25) is 0 Å². The molecular weight excluding hydrogens is 358 g/mol. The summed E-state index contributed by atoms with van der Waals surface area (Å²) >= 11 is 1.57. The summed E-state index contributed by atoms with van der Waals surface area (Å²) in [5, 5.41) is 5.83. The minimum atomic E-state index is -0.265. The number of rotatable bonds is 5. The van der Waals surface area contributed by atoms with Gasteiger partial charge in [-0.05, 0) is 11.6 Å². The third-order valence-electron chi connectivity index (χ3n) is 4.66. The van der Waals surface area contributed by atoms with Crippen molar-refractivity contribution in [3.8, 4) is 10.6 Å². The quantitative estimate of drug-likeness (QED) is 0.738. The zero-order valence-corrected chi connectivity index (χ0v) is 15.7. The van der Waals surface area contributed by atoms with Gasteiger partial charge in [0, 0.05) is 23.6 Å². The highest BCUT2D eigenvalue weighted by Crippen LogP contribution is 2.28. The number of hydrogen-bond acceptors (Lipinski definition) is 4. The minimum Gasteiger partial charge on any atom is -0.345 e. The molecule has 1 aliphatic heterocycles. The summed E-state index contributed by atoms with van der Waals surface area (Å²) in [6.45, 7) is 0.449. The van der Waals surface area contributed by atoms with E-state index in [2.05, 4.69) is 10.3 Å². The Morgan fingerprint density at radius 3 is 2.70 bits per heavy atom. The number of benzene rings is 2. The molecule has 5 nitrogen and oxygen atoms in total. The summed E-state index contributed by atoms with van der Waals surface area (Å²) in [5.74, 6) is -0.135. The number of thiazole rings is 1. The minimum absolute atomic E-state index is 0.0220. The van der Waals surface area contributed by atoms with Crippen molar-refractivity contribution in [2.75, 3.05) is 7.05 Å². The Balaban J connectivity index is 1.41. The summed E-state index contributed by atoms with van der Waals surface area (Å²) in [7, 11) is 1.77. The molecule has 6 heteroatoms. The Kier molecular flexibility index (Phi) is 4.73. The van der Waals surface area contributed by atoms with Crippen LogP contribution in [0.1, 0.15) is 34.1 Å². The van der Waals surface area contributed by atoms with Gasteiger partial charge in [0.05, 0.1) is 24.7 Å². The summed E-state index contributed by atoms with van der Waals surface area (Å²) in [5.41, 5.74) is 3.49. The molecule has 27 heavy (non-hydrogen) atoms. The lowest BCUT2D eigenvalue weighted by molar-refractivity contribution is -0.130. The number of amides is 2. The Morgan fingerprint density at radius 2 is 1.89 bits per heavy atom. The fraction of sp³-hybridized carbons (Fsp3) is 0.190. The van der Waals surface area contributed by atoms with E-state index in [9.17, 15) is 9.59 Å². The van der Waals surface area contributed by atoms with E-state index in [0.717, 1.165) is 21.8 Å². The highest BCUT2D eigenvalue weighted by atomic mass is 32.1. The van der Waals surface area contributed by atoms with E-state index >= 15 is 0 Å². The van der Waals surface area contributed by atoms with Crippen LogP contribution in [0.4, 0.5) is 0 Å². The Labute approximate surface area is 161 Å². The van der Waals surface area contributed by atoms with Gasteiger partial charge < -0.3 is 10.2 Å². The lowest BCUT2D eigenvalue weighted by Gasteiger charge is -2.19. The summed E-state index contributed by atoms with van der Waals surface area (Å²) < 4.78 is 0. The normalized spacial score (nSPS) is 15.3. The average molecular weight is 377 g/mol. The SMILES string of the molecule is CN(Cc1csc(-c2ccccc2)n1)C(=O)C[C@H]1NC(=O)c2ccccc21. The summed E-state index contributed by atoms with van der Waals surface area (Å²) in [4.78, 5) is 31.0. The molecule has 0 unspecified atom stereocenters. The van der Waals surface area contributed by atoms with Crippen molar-refractivity contribution < 1.29 is 9.59 Å². The van der Waals surface area contributed by atoms with E-state index < -0.39 is 0 Å². The van der Waals surface area contributed by atoms with Gasteiger partial charge in [0.15, 0.2) is 0 Å². The molecule has 0 saturated carbocycles. The number of carbonyl (C=O) groups excluding carboxylic acids is 2. The molecule has 0 radical (unpaired) electrons. The van der Waals surface area contributed by atoms with Gasteiger partial charge >= 0.3 is 0 Å². The molecule has 0 spiro atoms. The second kappa shape index (κ2) is 7.32. The van der Waals surface area contributed by atoms with Crippen molar-refractivity contribution in [1.29, 1.82) is 0 Å². The third-order valence-corrected chi connectivity index (χ3v) is 5.60. The maximum absolute atomic E-state index is 12.6. The first-order valence-electron chi connectivity index (χ1n) is 8.75. The van der Waals surface area contributed by atoms with Crippen LogP contribution in [0, 0.1) is 0 Å². The monoisotopic (exact) mass is 377 g/mol. The van der Waals surface area contributed by atoms with E-state index in [4.69, 9.17) is 0 Å². The van der Waals surface area contributed by atoms with Gasteiger partial charge in [0.25, 0.3) is 5.91 Å². The Bertz CT molecular complexity index is 984. The van der Waals surface area contributed by atoms with Crippen LogP contribution in [0.15, 0.2) is 60.0 Å². The number of hydrogen-bond donors (Lipinski definition) is 1. The van der Waals surface area contributed by atoms with E-state index in [0.29, 0.717) is 12.1 Å². The van der Waals surface area contributed by atoms with Crippen molar-refractivity contribution in [2.45, 2.75) is 19.0 Å². The topological polar surface area (TPSA) is 62.3 Å². The van der Waals surface area contributed by atoms with Crippen LogP contribution in [0.3, 0.4) is 0 Å². The maximum Gasteiger partial charge on any atom is 0.252 e. The molecule has 1 N–H and O–H groups in total. The molecule has 0 aliphatic carbocycles. The van der Waals surface area contributed by atoms with Gasteiger partial charge in [0.2, 0.25) is 5.91 Å². The highest BCUT2D eigenvalue weighted by molar-refractivity contribution is 7.13. The standard InChI is InChI=1S/C21H19N3O2S/c1-24(12-15-13-27-21(22-15)14-7-3-2-4-8-14)19(25)11-18-16-9-5-6-10-17(16)20(26)23-18/h2-10,13,18H,11-12H2,1H3,(H,23,26)/t18-/m1/s1. The number of nitrogens with zero attached hydrogens (tertiary/aromatic N) is 2. The van der Waals surface area contributed by atoms with Crippen LogP contribution < -0.4 is 5.32 Å². The van der Waals surface area contributed by atoms with E-state index in [1.165, 1.54) is 0 Å². The molecule has 0 fully saturated rings. The first-order chi connectivity index (χ1) is 13.1. The second-order valence-corrected chi connectivity index (χ2v) is 7.44. The number of fused-ring (bicyclic) bond motifs is 1. The first kappa shape index (κ1) is 17.4. The first-order valence-corrected chi connectivity index (χ1v) is 9.63. The smallest absolute Gasteiger partial charge is 0.252 e. The molecule has 3 aromatic rings. The lowest BCUT2D eigenvalue weighted by Crippen LogP contribution is -2.30. The Morgan fingerprint density at radius 1 is 1.15 bits per heavy atom. The summed E-state index contributed by atoms with van der Waals surface area (Å²) in [6.07, 6.45) is 0.245. The molecule has 2 heterocycles. The molecule has 0 bridgehead atoms. The van der Waals surface area contributed by atoms with Gasteiger partial charge in [-0.25, -0.2) is 4.98 Å². The van der Waals surface area contributed by atoms with Crippen LogP contribution in [-0.4, -0.2) is 28.7 Å². The number of aromatic nitrogens is 1. The van der Waals surface area contributed by atoms with Crippen molar-refractivity contribution in [3.05, 3.63) is 76.8 Å². The largest absolute Gasteiger partial charge is 0.345 e. The highest BCUT2D eigenvalue weighted by Gasteiger charge is 2.30. The molecular formula is C21H19N3O2S. The van der Waals surface area contributed by atoms with Crippen LogP contribution in [0.25, 0.3) is 10.6 Å². The lowest BCUT2D eigenvalue weighted by atomic mass is 10.0. The van der Waals surface area contributed by atoms with Gasteiger partial charge in [0.1, 0.15) is 5.01 Å². The van der Waals surface area contributed by atoms with Gasteiger partial charge in [-0.3, -0.25) is 9.59 Å². The van der Waals surface area contributed by atoms with Crippen LogP contribution in [-0.2, 0) is 11.3 Å². The molecule has 1 atom stereocenters. The van der Waals surface area contributed by atoms with E-state index in [1.54, 1.807) is 29.4 Å². The van der Waals surface area contributed by atoms with Crippen LogP contribution in [0.5, 0.6) is 0 Å². The summed E-state index contributed by atoms with van der Waals surface area (Å²) in [6, 6.07) is 17.2. The third kappa shape index (κ3) is 3.61. The van der Waals surface area contributed by atoms with Crippen molar-refractivity contribution in [1.82, 2.24) is 15.2 Å². The van der Waals surface area contributed by atoms with E-state index in [-0.39, 0.29) is 24.3 Å². The van der Waals surface area contributed by atoms with Gasteiger partial charge in [-0.1, -0.05) is 48.5 Å². The molecule has 136 valence electrons. The molecule has 1 aliphatic rings. The predicted octanol–water partition coefficient (Wildman–Crippen LogP) is 3.64. The maximum atomic E-state index is 12.6. The van der Waals surface area contributed by atoms with Crippen molar-refractivity contribution in [2.24, 2.45) is 0 Å². The molecule has 2 amide bonds. The fourth-order valence-electron chi connectivity index (χ4n) is 3.24. The Hall–Kier alpha value is -2.99. The average Bonchev–Trinajstić information content (AvgIpc) is 3.28. The van der Waals surface area contributed by atoms with Gasteiger partial charge in [-0.15, -0.1) is 11.3 Å². The number of carbonyl (C=O) groups is 2. The molecule has 4 rings (SSSR count). The predicted molar refractivity (Wildman–Crippen MR) is 105 cm³/mol. The van der Waals surface area contributed by atoms with Crippen LogP contribution >= 0.6 is 11.3 Å². The van der Waals surface area contributed by atoms with Gasteiger partial charge in [-0.2, -0.15) is 0 Å². The second-order valence-electron chi connectivity index (χ2n) is 6.58. The van der Waals surface area contributed by atoms with Crippen molar-refractivity contribution in [3.63, 3.8) is 0 Å². The zero-order chi connectivity index (χ0) is 18.8. The molecule has 0 saturated heterocycles.